The van der Waals surface area contributed by atoms with Crippen LogP contribution in [0.1, 0.15) is 58.4 Å². The first-order valence-electron chi connectivity index (χ1n) is 33.6. The van der Waals surface area contributed by atoms with Crippen molar-refractivity contribution in [3.63, 3.8) is 0 Å². The van der Waals surface area contributed by atoms with E-state index in [-0.39, 0.29) is 0 Å². The van der Waals surface area contributed by atoms with Crippen molar-refractivity contribution in [1.29, 1.82) is 0 Å². The molecule has 498 valence electrons. The van der Waals surface area contributed by atoms with Gasteiger partial charge in [-0.15, -0.1) is 0 Å². The zero-order valence-corrected chi connectivity index (χ0v) is 55.5. The molecule has 0 aromatic heterocycles. The largest absolute Gasteiger partial charge is 0.491 e. The number of rotatable bonds is 27. The van der Waals surface area contributed by atoms with E-state index in [1.165, 1.54) is 12.1 Å². The average molecular weight is 1330 g/mol. The second kappa shape index (κ2) is 28.9. The van der Waals surface area contributed by atoms with Crippen LogP contribution in [0.3, 0.4) is 0 Å². The SMILES string of the molecule is C=CCOc1ccc(C2(c3ccc(OCCOCC)cc3)c3ccccc3-c3ccc(N(c4ccc(-c5ccc(N(c6ccc(F)c(F)c6)c6ccc7c(c6)C(c6ccc(OCC=C)cc6)(c6ccc(OCCOCC)cc6)c6ccccc6-7)cc5)cc4)c4ccc(F)c(F)c4)cc32)cc1. The molecule has 0 radical (unpaired) electrons. The summed E-state index contributed by atoms with van der Waals surface area (Å²) in [6.07, 6.45) is 3.43. The molecular formula is C88H72F4N2O6. The molecule has 0 fully saturated rings. The van der Waals surface area contributed by atoms with E-state index in [0.29, 0.717) is 110 Å². The molecule has 0 bridgehead atoms. The van der Waals surface area contributed by atoms with Crippen LogP contribution in [0.4, 0.5) is 51.7 Å². The Morgan fingerprint density at radius 1 is 0.310 bits per heavy atom. The molecule has 2 aliphatic rings. The smallest absolute Gasteiger partial charge is 0.160 e. The van der Waals surface area contributed by atoms with E-state index in [2.05, 4.69) is 122 Å². The zero-order chi connectivity index (χ0) is 68.7. The van der Waals surface area contributed by atoms with Crippen LogP contribution >= 0.6 is 0 Å². The molecule has 0 saturated carbocycles. The summed E-state index contributed by atoms with van der Waals surface area (Å²) in [5.74, 6) is -1.10. The van der Waals surface area contributed by atoms with Gasteiger partial charge in [0.15, 0.2) is 23.3 Å². The average Bonchev–Trinajstić information content (AvgIpc) is 1.54. The van der Waals surface area contributed by atoms with Crippen LogP contribution in [0.25, 0.3) is 33.4 Å². The number of benzene rings is 12. The Hall–Kier alpha value is -11.4. The van der Waals surface area contributed by atoms with Crippen molar-refractivity contribution in [2.45, 2.75) is 24.7 Å². The van der Waals surface area contributed by atoms with Gasteiger partial charge in [-0.05, 0) is 213 Å². The highest BCUT2D eigenvalue weighted by molar-refractivity contribution is 5.92. The van der Waals surface area contributed by atoms with Gasteiger partial charge in [0.1, 0.15) is 49.4 Å². The van der Waals surface area contributed by atoms with Crippen molar-refractivity contribution >= 4 is 34.1 Å². The highest BCUT2D eigenvalue weighted by Crippen LogP contribution is 2.60. The first-order valence-corrected chi connectivity index (χ1v) is 33.6. The van der Waals surface area contributed by atoms with Gasteiger partial charge >= 0.3 is 0 Å². The number of halogens is 4. The van der Waals surface area contributed by atoms with Gasteiger partial charge in [-0.3, -0.25) is 0 Å². The molecule has 14 rings (SSSR count). The van der Waals surface area contributed by atoms with Crippen LogP contribution < -0.4 is 28.7 Å². The van der Waals surface area contributed by atoms with Crippen LogP contribution in [-0.2, 0) is 20.3 Å². The van der Waals surface area contributed by atoms with Crippen LogP contribution in [0.2, 0.25) is 0 Å². The Balaban J connectivity index is 0.850. The predicted octanol–water partition coefficient (Wildman–Crippen LogP) is 21.5. The van der Waals surface area contributed by atoms with Gasteiger partial charge in [-0.1, -0.05) is 159 Å². The van der Waals surface area contributed by atoms with Gasteiger partial charge in [0.25, 0.3) is 0 Å². The third kappa shape index (κ3) is 12.3. The third-order valence-corrected chi connectivity index (χ3v) is 18.8. The van der Waals surface area contributed by atoms with Crippen molar-refractivity contribution in [2.24, 2.45) is 0 Å². The number of hydrogen-bond donors (Lipinski definition) is 0. The highest BCUT2D eigenvalue weighted by Gasteiger charge is 2.48. The summed E-state index contributed by atoms with van der Waals surface area (Å²) in [6, 6.07) is 86.0. The molecule has 2 unspecified atom stereocenters. The molecule has 2 atom stereocenters. The summed E-state index contributed by atoms with van der Waals surface area (Å²) in [5, 5.41) is 0. The summed E-state index contributed by atoms with van der Waals surface area (Å²) < 4.78 is 97.0. The number of hydrogen-bond acceptors (Lipinski definition) is 8. The summed E-state index contributed by atoms with van der Waals surface area (Å²) in [7, 11) is 0. The van der Waals surface area contributed by atoms with Crippen LogP contribution in [0.15, 0.2) is 292 Å². The van der Waals surface area contributed by atoms with E-state index < -0.39 is 34.1 Å². The molecule has 0 N–H and O–H groups in total. The lowest BCUT2D eigenvalue weighted by Gasteiger charge is -2.35. The molecule has 12 aromatic carbocycles. The zero-order valence-electron chi connectivity index (χ0n) is 55.5. The van der Waals surface area contributed by atoms with Crippen molar-refractivity contribution in [3.8, 4) is 56.4 Å². The second-order valence-corrected chi connectivity index (χ2v) is 24.4. The lowest BCUT2D eigenvalue weighted by atomic mass is 9.67. The molecule has 0 saturated heterocycles. The standard InChI is InChI=1S/C88H72F4N2O6/c1-5-49-97-71-37-21-61(22-38-71)87(63-25-41-73(42-26-63)99-53-51-95-7-3)79-15-11-9-13-75(79)77-45-33-67(55-81(77)87)93(69-35-47-83(89)85(91)57-69)65-29-17-59(18-30-65)60-19-31-66(32-20-60)94(70-36-48-84(90)86(92)58-70)68-34-46-78-76-14-10-12-16-80(76)88(82(78)56-68,62-23-39-72(40-24-62)98-50-6-2)64-27-43-74(44-28-64)100-54-52-96-8-4/h5-6,9-48,55-58H,1-2,7-8,49-54H2,3-4H3. The van der Waals surface area contributed by atoms with E-state index in [4.69, 9.17) is 28.4 Å². The monoisotopic (exact) mass is 1330 g/mol. The van der Waals surface area contributed by atoms with Crippen molar-refractivity contribution in [3.05, 3.63) is 360 Å². The molecule has 0 heterocycles. The number of ether oxygens (including phenoxy) is 6. The van der Waals surface area contributed by atoms with Crippen molar-refractivity contribution in [2.75, 3.05) is 62.7 Å². The number of anilines is 6. The molecule has 12 aromatic rings. The Bertz CT molecular complexity index is 4600. The minimum Gasteiger partial charge on any atom is -0.491 e. The topological polar surface area (TPSA) is 61.9 Å². The first-order chi connectivity index (χ1) is 49.0. The van der Waals surface area contributed by atoms with Gasteiger partial charge in [-0.25, -0.2) is 17.6 Å². The maximum atomic E-state index is 15.7. The van der Waals surface area contributed by atoms with Gasteiger partial charge in [0, 0.05) is 59.5 Å². The minimum absolute atomic E-state index is 0.350. The minimum atomic E-state index is -0.989. The lowest BCUT2D eigenvalue weighted by Crippen LogP contribution is -2.29. The Morgan fingerprint density at radius 3 is 0.960 bits per heavy atom. The highest BCUT2D eigenvalue weighted by atomic mass is 19.2. The van der Waals surface area contributed by atoms with Gasteiger partial charge in [0.2, 0.25) is 0 Å². The summed E-state index contributed by atoms with van der Waals surface area (Å²) >= 11 is 0. The van der Waals surface area contributed by atoms with Gasteiger partial charge in [-0.2, -0.15) is 0 Å². The maximum absolute atomic E-state index is 15.7. The quantitative estimate of drug-likeness (QED) is 0.0287. The normalized spacial score (nSPS) is 14.7. The summed E-state index contributed by atoms with van der Waals surface area (Å²) in [4.78, 5) is 3.88. The molecule has 8 nitrogen and oxygen atoms in total. The van der Waals surface area contributed by atoms with Crippen LogP contribution in [-0.4, -0.2) is 52.9 Å². The molecule has 0 amide bonds. The molecule has 0 aliphatic heterocycles. The fourth-order valence-electron chi connectivity index (χ4n) is 14.4. The van der Waals surface area contributed by atoms with Gasteiger partial charge in [0.05, 0.1) is 24.0 Å². The third-order valence-electron chi connectivity index (χ3n) is 18.8. The number of fused-ring (bicyclic) bond motifs is 6. The lowest BCUT2D eigenvalue weighted by molar-refractivity contribution is 0.110. The summed E-state index contributed by atoms with van der Waals surface area (Å²) in [6.45, 7) is 15.2. The van der Waals surface area contributed by atoms with Crippen LogP contribution in [0.5, 0.6) is 23.0 Å². The number of nitrogens with zero attached hydrogens (tertiary/aromatic N) is 2. The molecular weight excluding hydrogens is 1260 g/mol. The van der Waals surface area contributed by atoms with Crippen LogP contribution in [0, 0.1) is 23.3 Å². The maximum Gasteiger partial charge on any atom is 0.160 e. The predicted molar refractivity (Wildman–Crippen MR) is 391 cm³/mol. The Labute approximate surface area is 580 Å². The van der Waals surface area contributed by atoms with E-state index in [0.717, 1.165) is 90.0 Å². The molecule has 0 spiro atoms. The van der Waals surface area contributed by atoms with Crippen molar-refractivity contribution < 1.29 is 46.0 Å². The fraction of sp³-hybridized carbons (Fsp3) is 0.136. The molecule has 100 heavy (non-hydrogen) atoms. The first kappa shape index (κ1) is 65.8. The van der Waals surface area contributed by atoms with Gasteiger partial charge < -0.3 is 38.2 Å². The molecule has 12 heteroatoms. The summed E-state index contributed by atoms with van der Waals surface area (Å²) in [5.41, 5.74) is 15.7. The van der Waals surface area contributed by atoms with E-state index in [9.17, 15) is 0 Å². The Morgan fingerprint density at radius 2 is 0.620 bits per heavy atom. The van der Waals surface area contributed by atoms with Crippen molar-refractivity contribution in [1.82, 2.24) is 0 Å². The van der Waals surface area contributed by atoms with E-state index >= 15 is 17.6 Å². The Kier molecular flexibility index (Phi) is 19.1. The fourth-order valence-corrected chi connectivity index (χ4v) is 14.4. The van der Waals surface area contributed by atoms with E-state index in [1.54, 1.807) is 24.3 Å². The second-order valence-electron chi connectivity index (χ2n) is 24.4. The van der Waals surface area contributed by atoms with E-state index in [1.807, 2.05) is 145 Å². The molecule has 2 aliphatic carbocycles.